The summed E-state index contributed by atoms with van der Waals surface area (Å²) >= 11 is 0. The lowest BCUT2D eigenvalue weighted by molar-refractivity contribution is -0.125. The number of carbonyl (C=O) groups is 1. The van der Waals surface area contributed by atoms with Gasteiger partial charge in [-0.15, -0.1) is 0 Å². The quantitative estimate of drug-likeness (QED) is 0.270. The molecule has 39 heavy (non-hydrogen) atoms. The SMILES string of the molecule is CC.CC.CC.CN(CC1=CNCC(C(C)(C)O)=C1)C(=O)C1=CC=C(CCNCC(O)c2ccccc2)CC1. The Morgan fingerprint density at radius 3 is 2.26 bits per heavy atom. The average molecular weight is 542 g/mol. The van der Waals surface area contributed by atoms with Crippen LogP contribution >= 0.6 is 0 Å². The highest BCUT2D eigenvalue weighted by Gasteiger charge is 2.23. The summed E-state index contributed by atoms with van der Waals surface area (Å²) in [5, 5.41) is 27.0. The Kier molecular flexibility index (Phi) is 18.9. The first kappa shape index (κ1) is 36.3. The molecule has 1 amide bonds. The topological polar surface area (TPSA) is 84.8 Å². The van der Waals surface area contributed by atoms with Crippen LogP contribution in [-0.2, 0) is 4.79 Å². The molecule has 220 valence electrons. The summed E-state index contributed by atoms with van der Waals surface area (Å²) in [5.74, 6) is 0.0408. The van der Waals surface area contributed by atoms with Crippen LogP contribution in [0.15, 0.2) is 77.1 Å². The molecule has 0 bridgehead atoms. The minimum absolute atomic E-state index is 0.0408. The molecule has 1 atom stereocenters. The smallest absolute Gasteiger partial charge is 0.249 e. The van der Waals surface area contributed by atoms with E-state index in [0.29, 0.717) is 19.6 Å². The van der Waals surface area contributed by atoms with E-state index < -0.39 is 11.7 Å². The second kappa shape index (κ2) is 20.3. The summed E-state index contributed by atoms with van der Waals surface area (Å²) < 4.78 is 0. The number of benzene rings is 1. The van der Waals surface area contributed by atoms with E-state index in [2.05, 4.69) is 16.7 Å². The Labute approximate surface area is 238 Å². The molecule has 0 fully saturated rings. The second-order valence-electron chi connectivity index (χ2n) is 9.39. The molecule has 1 unspecified atom stereocenters. The predicted molar refractivity (Wildman–Crippen MR) is 166 cm³/mol. The number of likely N-dealkylation sites (N-methyl/N-ethyl adjacent to an activating group) is 1. The Hall–Kier alpha value is -2.67. The molecule has 1 aliphatic heterocycles. The van der Waals surface area contributed by atoms with Crippen LogP contribution in [0.1, 0.15) is 86.3 Å². The zero-order valence-electron chi connectivity index (χ0n) is 26.0. The molecular weight excluding hydrogens is 486 g/mol. The maximum atomic E-state index is 12.9. The largest absolute Gasteiger partial charge is 0.387 e. The van der Waals surface area contributed by atoms with Crippen LogP contribution in [-0.4, -0.2) is 59.8 Å². The first-order chi connectivity index (χ1) is 18.7. The second-order valence-corrected chi connectivity index (χ2v) is 9.39. The van der Waals surface area contributed by atoms with Gasteiger partial charge in [-0.25, -0.2) is 0 Å². The third-order valence-corrected chi connectivity index (χ3v) is 6.15. The molecule has 2 aliphatic rings. The summed E-state index contributed by atoms with van der Waals surface area (Å²) in [6.07, 6.45) is 9.91. The Morgan fingerprint density at radius 2 is 1.69 bits per heavy atom. The minimum atomic E-state index is -0.878. The highest BCUT2D eigenvalue weighted by molar-refractivity contribution is 5.94. The standard InChI is InChI=1S/C27H37N3O3.3C2H6/c1-27(2,33)24-15-21(16-29-17-24)19-30(3)26(32)23-11-9-20(10-12-23)13-14-28-18-25(31)22-7-5-4-6-8-22;3*1-2/h4-9,11,15-16,25,28-29,31,33H,10,12-14,17-19H2,1-3H3;3*1-2H3. The lowest BCUT2D eigenvalue weighted by Gasteiger charge is -2.27. The lowest BCUT2D eigenvalue weighted by Crippen LogP contribution is -2.34. The van der Waals surface area contributed by atoms with Crippen molar-refractivity contribution in [2.24, 2.45) is 0 Å². The highest BCUT2D eigenvalue weighted by atomic mass is 16.3. The Bertz CT molecular complexity index is 941. The first-order valence-corrected chi connectivity index (χ1v) is 14.7. The van der Waals surface area contributed by atoms with Gasteiger partial charge >= 0.3 is 0 Å². The molecule has 0 spiro atoms. The van der Waals surface area contributed by atoms with E-state index in [1.54, 1.807) is 18.7 Å². The molecule has 6 nitrogen and oxygen atoms in total. The number of amides is 1. The van der Waals surface area contributed by atoms with Gasteiger partial charge in [-0.3, -0.25) is 4.79 Å². The third-order valence-electron chi connectivity index (χ3n) is 6.15. The number of nitrogens with one attached hydrogen (secondary N) is 2. The van der Waals surface area contributed by atoms with Gasteiger partial charge in [0.15, 0.2) is 0 Å². The highest BCUT2D eigenvalue weighted by Crippen LogP contribution is 2.23. The zero-order valence-corrected chi connectivity index (χ0v) is 26.0. The number of aliphatic hydroxyl groups excluding tert-OH is 1. The predicted octanol–water partition coefficient (Wildman–Crippen LogP) is 6.07. The van der Waals surface area contributed by atoms with Crippen molar-refractivity contribution in [3.05, 3.63) is 82.6 Å². The van der Waals surface area contributed by atoms with Gasteiger partial charge in [0, 0.05) is 38.5 Å². The van der Waals surface area contributed by atoms with Crippen LogP contribution in [0, 0.1) is 0 Å². The average Bonchev–Trinajstić information content (AvgIpc) is 2.98. The van der Waals surface area contributed by atoms with Gasteiger partial charge in [-0.05, 0) is 56.4 Å². The first-order valence-electron chi connectivity index (χ1n) is 14.7. The fraction of sp³-hybridized carbons (Fsp3) is 0.545. The molecule has 6 heteroatoms. The van der Waals surface area contributed by atoms with Gasteiger partial charge in [0.1, 0.15) is 0 Å². The monoisotopic (exact) mass is 541 g/mol. The van der Waals surface area contributed by atoms with E-state index in [-0.39, 0.29) is 5.91 Å². The van der Waals surface area contributed by atoms with Crippen molar-refractivity contribution < 1.29 is 15.0 Å². The number of aliphatic hydroxyl groups is 2. The zero-order chi connectivity index (χ0) is 29.8. The van der Waals surface area contributed by atoms with Crippen LogP contribution in [0.5, 0.6) is 0 Å². The molecule has 1 aromatic rings. The molecule has 0 saturated heterocycles. The van der Waals surface area contributed by atoms with Crippen LogP contribution < -0.4 is 10.6 Å². The van der Waals surface area contributed by atoms with Crippen molar-refractivity contribution in [2.45, 2.75) is 86.4 Å². The Morgan fingerprint density at radius 1 is 1.05 bits per heavy atom. The normalized spacial score (nSPS) is 15.1. The Balaban J connectivity index is 0.00000225. The van der Waals surface area contributed by atoms with Crippen molar-refractivity contribution in [3.63, 3.8) is 0 Å². The maximum absolute atomic E-state index is 12.9. The maximum Gasteiger partial charge on any atom is 0.249 e. The van der Waals surface area contributed by atoms with E-state index in [9.17, 15) is 15.0 Å². The number of hydrogen-bond acceptors (Lipinski definition) is 5. The molecule has 1 aromatic carbocycles. The van der Waals surface area contributed by atoms with Crippen molar-refractivity contribution >= 4 is 5.91 Å². The molecule has 0 aromatic heterocycles. The van der Waals surface area contributed by atoms with Gasteiger partial charge in [0.05, 0.1) is 11.7 Å². The van der Waals surface area contributed by atoms with Gasteiger partial charge in [0.25, 0.3) is 0 Å². The number of nitrogens with zero attached hydrogens (tertiary/aromatic N) is 1. The van der Waals surface area contributed by atoms with Crippen molar-refractivity contribution in [1.82, 2.24) is 15.5 Å². The number of carbonyl (C=O) groups excluding carboxylic acids is 1. The number of hydrogen-bond donors (Lipinski definition) is 4. The summed E-state index contributed by atoms with van der Waals surface area (Å²) in [5.41, 5.74) is 4.07. The molecule has 3 rings (SSSR count). The molecule has 0 radical (unpaired) electrons. The summed E-state index contributed by atoms with van der Waals surface area (Å²) in [6, 6.07) is 9.67. The molecular formula is C33H55N3O3. The van der Waals surface area contributed by atoms with E-state index in [1.807, 2.05) is 97.3 Å². The van der Waals surface area contributed by atoms with Gasteiger partial charge in [0.2, 0.25) is 5.91 Å². The van der Waals surface area contributed by atoms with E-state index in [1.165, 1.54) is 5.57 Å². The van der Waals surface area contributed by atoms with Crippen LogP contribution in [0.4, 0.5) is 0 Å². The molecule has 1 aliphatic carbocycles. The van der Waals surface area contributed by atoms with Gasteiger partial charge in [-0.2, -0.15) is 0 Å². The van der Waals surface area contributed by atoms with Crippen molar-refractivity contribution in [2.75, 3.05) is 33.2 Å². The minimum Gasteiger partial charge on any atom is -0.387 e. The van der Waals surface area contributed by atoms with Crippen LogP contribution in [0.3, 0.4) is 0 Å². The number of dihydropyridines is 1. The van der Waals surface area contributed by atoms with Gasteiger partial charge in [-0.1, -0.05) is 95.7 Å². The lowest BCUT2D eigenvalue weighted by atomic mass is 9.93. The number of rotatable bonds is 10. The van der Waals surface area contributed by atoms with Crippen molar-refractivity contribution in [3.8, 4) is 0 Å². The van der Waals surface area contributed by atoms with Crippen LogP contribution in [0.25, 0.3) is 0 Å². The summed E-state index contributed by atoms with van der Waals surface area (Å²) in [6.45, 7) is 18.0. The number of allylic oxidation sites excluding steroid dienone is 2. The molecule has 4 N–H and O–H groups in total. The molecule has 1 heterocycles. The summed E-state index contributed by atoms with van der Waals surface area (Å²) in [4.78, 5) is 14.6. The van der Waals surface area contributed by atoms with E-state index >= 15 is 0 Å². The van der Waals surface area contributed by atoms with Crippen molar-refractivity contribution in [1.29, 1.82) is 0 Å². The fourth-order valence-electron chi connectivity index (χ4n) is 4.03. The fourth-order valence-corrected chi connectivity index (χ4v) is 4.03. The van der Waals surface area contributed by atoms with E-state index in [0.717, 1.165) is 48.1 Å². The molecule has 0 saturated carbocycles. The van der Waals surface area contributed by atoms with Gasteiger partial charge < -0.3 is 25.7 Å². The summed E-state index contributed by atoms with van der Waals surface area (Å²) in [7, 11) is 1.82. The van der Waals surface area contributed by atoms with E-state index in [4.69, 9.17) is 0 Å². The van der Waals surface area contributed by atoms with Crippen LogP contribution in [0.2, 0.25) is 0 Å². The third kappa shape index (κ3) is 13.3.